The lowest BCUT2D eigenvalue weighted by Crippen LogP contribution is -2.16. The Morgan fingerprint density at radius 1 is 0.895 bits per heavy atom. The van der Waals surface area contributed by atoms with Crippen LogP contribution in [0, 0.1) is 30.2 Å². The summed E-state index contributed by atoms with van der Waals surface area (Å²) in [7, 11) is 0. The third kappa shape index (κ3) is 2.46. The van der Waals surface area contributed by atoms with Crippen LogP contribution in [0.25, 0.3) is 0 Å². The highest BCUT2D eigenvalue weighted by atomic mass is 19.2. The minimum Gasteiger partial charge on any atom is -0.320 e. The predicted octanol–water partition coefficient (Wildman–Crippen LogP) is 3.60. The summed E-state index contributed by atoms with van der Waals surface area (Å²) < 4.78 is 53.5. The van der Waals surface area contributed by atoms with Crippen molar-refractivity contribution >= 4 is 0 Å². The van der Waals surface area contributed by atoms with E-state index in [0.717, 1.165) is 18.2 Å². The van der Waals surface area contributed by atoms with Crippen LogP contribution < -0.4 is 5.73 Å². The van der Waals surface area contributed by atoms with Crippen molar-refractivity contribution in [3.63, 3.8) is 0 Å². The monoisotopic (exact) mass is 269 g/mol. The minimum atomic E-state index is -1.20. The second kappa shape index (κ2) is 5.01. The van der Waals surface area contributed by atoms with Gasteiger partial charge in [0.25, 0.3) is 0 Å². The Labute approximate surface area is 107 Å². The molecule has 1 nitrogen and oxygen atoms in total. The van der Waals surface area contributed by atoms with E-state index >= 15 is 0 Å². The van der Waals surface area contributed by atoms with Gasteiger partial charge >= 0.3 is 0 Å². The molecule has 2 aromatic carbocycles. The van der Waals surface area contributed by atoms with E-state index in [2.05, 4.69) is 0 Å². The molecule has 0 bridgehead atoms. The normalized spacial score (nSPS) is 12.5. The van der Waals surface area contributed by atoms with E-state index in [1.54, 1.807) is 0 Å². The Kier molecular flexibility index (Phi) is 3.57. The number of benzene rings is 2. The van der Waals surface area contributed by atoms with Crippen LogP contribution in [0.2, 0.25) is 0 Å². The Balaban J connectivity index is 2.52. The summed E-state index contributed by atoms with van der Waals surface area (Å²) in [6.07, 6.45) is 0. The highest BCUT2D eigenvalue weighted by molar-refractivity contribution is 5.36. The van der Waals surface area contributed by atoms with Crippen molar-refractivity contribution in [1.82, 2.24) is 0 Å². The lowest BCUT2D eigenvalue weighted by molar-refractivity contribution is 0.504. The van der Waals surface area contributed by atoms with Crippen molar-refractivity contribution in [1.29, 1.82) is 0 Å². The lowest BCUT2D eigenvalue weighted by Gasteiger charge is -2.15. The van der Waals surface area contributed by atoms with E-state index in [-0.39, 0.29) is 16.7 Å². The Morgan fingerprint density at radius 3 is 2.16 bits per heavy atom. The van der Waals surface area contributed by atoms with Crippen molar-refractivity contribution in [2.75, 3.05) is 0 Å². The molecule has 19 heavy (non-hydrogen) atoms. The zero-order chi connectivity index (χ0) is 14.2. The van der Waals surface area contributed by atoms with Crippen LogP contribution in [0.4, 0.5) is 17.6 Å². The summed E-state index contributed by atoms with van der Waals surface area (Å²) in [5.74, 6) is -3.75. The molecule has 0 aromatic heterocycles. The maximum absolute atomic E-state index is 13.9. The van der Waals surface area contributed by atoms with Gasteiger partial charge in [-0.25, -0.2) is 17.6 Å². The fourth-order valence-corrected chi connectivity index (χ4v) is 1.84. The summed E-state index contributed by atoms with van der Waals surface area (Å²) in [6.45, 7) is 1.47. The average Bonchev–Trinajstić information content (AvgIpc) is 2.37. The first-order valence-electron chi connectivity index (χ1n) is 5.57. The van der Waals surface area contributed by atoms with Gasteiger partial charge in [0.2, 0.25) is 0 Å². The smallest absolute Gasteiger partial charge is 0.159 e. The molecule has 2 aromatic rings. The molecule has 1 unspecified atom stereocenters. The number of hydrogen-bond acceptors (Lipinski definition) is 1. The molecule has 0 aliphatic carbocycles. The summed E-state index contributed by atoms with van der Waals surface area (Å²) in [6, 6.07) is 4.08. The molecule has 0 amide bonds. The second-order valence-electron chi connectivity index (χ2n) is 4.24. The van der Waals surface area contributed by atoms with Crippen LogP contribution in [0.1, 0.15) is 22.7 Å². The highest BCUT2D eigenvalue weighted by Gasteiger charge is 2.20. The maximum Gasteiger partial charge on any atom is 0.159 e. The van der Waals surface area contributed by atoms with Gasteiger partial charge in [-0.2, -0.15) is 0 Å². The van der Waals surface area contributed by atoms with E-state index in [9.17, 15) is 17.6 Å². The molecule has 0 saturated heterocycles. The SMILES string of the molecule is Cc1ccc(F)c(C(N)c2ccc(F)c(F)c2)c1F. The van der Waals surface area contributed by atoms with Gasteiger partial charge in [-0.15, -0.1) is 0 Å². The average molecular weight is 269 g/mol. The van der Waals surface area contributed by atoms with Crippen LogP contribution in [0.3, 0.4) is 0 Å². The van der Waals surface area contributed by atoms with E-state index in [0.29, 0.717) is 0 Å². The Morgan fingerprint density at radius 2 is 1.53 bits per heavy atom. The van der Waals surface area contributed by atoms with Crippen molar-refractivity contribution in [2.45, 2.75) is 13.0 Å². The molecular formula is C14H11F4N. The fraction of sp³-hybridized carbons (Fsp3) is 0.143. The van der Waals surface area contributed by atoms with Crippen LogP contribution in [-0.2, 0) is 0 Å². The van der Waals surface area contributed by atoms with Gasteiger partial charge in [0.1, 0.15) is 11.6 Å². The Hall–Kier alpha value is -1.88. The van der Waals surface area contributed by atoms with Crippen molar-refractivity contribution in [3.8, 4) is 0 Å². The summed E-state index contributed by atoms with van der Waals surface area (Å²) >= 11 is 0. The number of halogens is 4. The maximum atomic E-state index is 13.9. The van der Waals surface area contributed by atoms with Crippen LogP contribution in [-0.4, -0.2) is 0 Å². The van der Waals surface area contributed by atoms with Crippen molar-refractivity contribution < 1.29 is 17.6 Å². The van der Waals surface area contributed by atoms with E-state index in [1.165, 1.54) is 19.1 Å². The highest BCUT2D eigenvalue weighted by Crippen LogP contribution is 2.27. The van der Waals surface area contributed by atoms with Crippen LogP contribution in [0.5, 0.6) is 0 Å². The van der Waals surface area contributed by atoms with Gasteiger partial charge in [0.15, 0.2) is 11.6 Å². The van der Waals surface area contributed by atoms with E-state index < -0.39 is 29.3 Å². The summed E-state index contributed by atoms with van der Waals surface area (Å²) in [5, 5.41) is 0. The van der Waals surface area contributed by atoms with Gasteiger partial charge in [-0.05, 0) is 36.2 Å². The first kappa shape index (κ1) is 13.5. The third-order valence-corrected chi connectivity index (χ3v) is 2.93. The molecule has 2 N–H and O–H groups in total. The molecule has 0 spiro atoms. The van der Waals surface area contributed by atoms with Crippen molar-refractivity contribution in [3.05, 3.63) is 70.3 Å². The molecule has 5 heteroatoms. The quantitative estimate of drug-likeness (QED) is 0.828. The second-order valence-corrected chi connectivity index (χ2v) is 4.24. The van der Waals surface area contributed by atoms with Gasteiger partial charge < -0.3 is 5.73 Å². The van der Waals surface area contributed by atoms with Crippen molar-refractivity contribution in [2.24, 2.45) is 5.73 Å². The van der Waals surface area contributed by atoms with Gasteiger partial charge in [0, 0.05) is 5.56 Å². The zero-order valence-electron chi connectivity index (χ0n) is 10.1. The minimum absolute atomic E-state index is 0.0994. The standard InChI is InChI=1S/C14H11F4N/c1-7-2-4-10(16)12(13(7)18)14(19)8-3-5-9(15)11(17)6-8/h2-6,14H,19H2,1H3. The molecule has 0 radical (unpaired) electrons. The summed E-state index contributed by atoms with van der Waals surface area (Å²) in [5.41, 5.74) is 5.71. The van der Waals surface area contributed by atoms with Crippen LogP contribution >= 0.6 is 0 Å². The predicted molar refractivity (Wildman–Crippen MR) is 63.5 cm³/mol. The first-order valence-corrected chi connectivity index (χ1v) is 5.57. The molecule has 1 atom stereocenters. The van der Waals surface area contributed by atoms with Gasteiger partial charge in [-0.1, -0.05) is 12.1 Å². The van der Waals surface area contributed by atoms with E-state index in [4.69, 9.17) is 5.73 Å². The van der Waals surface area contributed by atoms with E-state index in [1.807, 2.05) is 0 Å². The first-order chi connectivity index (χ1) is 8.91. The number of rotatable bonds is 2. The molecule has 0 aliphatic heterocycles. The number of nitrogens with two attached hydrogens (primary N) is 1. The fourth-order valence-electron chi connectivity index (χ4n) is 1.84. The van der Waals surface area contributed by atoms with Gasteiger partial charge in [-0.3, -0.25) is 0 Å². The van der Waals surface area contributed by atoms with Crippen LogP contribution in [0.15, 0.2) is 30.3 Å². The molecular weight excluding hydrogens is 258 g/mol. The third-order valence-electron chi connectivity index (χ3n) is 2.93. The molecule has 0 fully saturated rings. The summed E-state index contributed by atoms with van der Waals surface area (Å²) in [4.78, 5) is 0. The molecule has 100 valence electrons. The largest absolute Gasteiger partial charge is 0.320 e. The topological polar surface area (TPSA) is 26.0 Å². The molecule has 0 saturated carbocycles. The lowest BCUT2D eigenvalue weighted by atomic mass is 9.96. The molecule has 0 heterocycles. The number of aryl methyl sites for hydroxylation is 1. The Bertz CT molecular complexity index is 625. The molecule has 0 aliphatic rings. The molecule has 2 rings (SSSR count). The zero-order valence-corrected chi connectivity index (χ0v) is 10.1. The number of hydrogen-bond donors (Lipinski definition) is 1. The van der Waals surface area contributed by atoms with Gasteiger partial charge in [0.05, 0.1) is 6.04 Å².